The van der Waals surface area contributed by atoms with Crippen molar-refractivity contribution in [2.75, 3.05) is 25.1 Å². The minimum absolute atomic E-state index is 0.272. The Hall–Kier alpha value is -1.90. The largest absolute Gasteiger partial charge is 0.420 e. The Morgan fingerprint density at radius 3 is 2.65 bits per heavy atom. The van der Waals surface area contributed by atoms with Gasteiger partial charge in [-0.2, -0.15) is 27.8 Å². The maximum absolute atomic E-state index is 13.0. The van der Waals surface area contributed by atoms with Crippen molar-refractivity contribution in [1.82, 2.24) is 19.6 Å². The molecule has 0 saturated carbocycles. The van der Waals surface area contributed by atoms with Crippen LogP contribution in [0.1, 0.15) is 5.69 Å². The van der Waals surface area contributed by atoms with Crippen molar-refractivity contribution in [1.29, 1.82) is 0 Å². The lowest BCUT2D eigenvalue weighted by Crippen LogP contribution is -2.70. The lowest BCUT2D eigenvalue weighted by molar-refractivity contribution is -0.277. The molecule has 6 nitrogen and oxygen atoms in total. The fraction of sp³-hybridized carbons (Fsp3) is 0.545. The Bertz CT molecular complexity index is 647. The minimum atomic E-state index is -4.40. The number of aromatic nitrogens is 4. The average molecular weight is 287 g/mol. The van der Waals surface area contributed by atoms with Gasteiger partial charge in [-0.25, -0.2) is 4.98 Å². The van der Waals surface area contributed by atoms with Crippen LogP contribution in [0, 0.1) is 6.92 Å². The second-order valence-corrected chi connectivity index (χ2v) is 4.78. The van der Waals surface area contributed by atoms with Gasteiger partial charge in [-0.1, -0.05) is 0 Å². The maximum Gasteiger partial charge on any atom is 0.420 e. The molecule has 1 saturated heterocycles. The van der Waals surface area contributed by atoms with E-state index < -0.39 is 11.8 Å². The number of hydrogen-bond acceptors (Lipinski definition) is 5. The van der Waals surface area contributed by atoms with Gasteiger partial charge in [0.15, 0.2) is 5.60 Å². The molecule has 3 rings (SSSR count). The summed E-state index contributed by atoms with van der Waals surface area (Å²) in [4.78, 5) is 9.65. The molecule has 0 bridgehead atoms. The molecule has 9 heteroatoms. The maximum atomic E-state index is 13.0. The van der Waals surface area contributed by atoms with Gasteiger partial charge in [0, 0.05) is 18.9 Å². The van der Waals surface area contributed by atoms with Gasteiger partial charge in [0.2, 0.25) is 0 Å². The standard InChI is InChI=1S/C11H12F3N5O/c1-7-3-8(19-9(17-7)15-6-16-19)18-4-10(5-18,20-2)11(12,13)14/h3,6H,4-5H2,1-2H3. The number of aryl methyl sites for hydroxylation is 1. The first-order valence-corrected chi connectivity index (χ1v) is 5.90. The summed E-state index contributed by atoms with van der Waals surface area (Å²) in [5.41, 5.74) is -1.45. The summed E-state index contributed by atoms with van der Waals surface area (Å²) in [5.74, 6) is 0.892. The molecule has 0 atom stereocenters. The fourth-order valence-corrected chi connectivity index (χ4v) is 2.29. The predicted octanol–water partition coefficient (Wildman–Crippen LogP) is 1.20. The molecule has 3 heterocycles. The molecule has 108 valence electrons. The van der Waals surface area contributed by atoms with E-state index in [0.29, 0.717) is 17.3 Å². The van der Waals surface area contributed by atoms with E-state index in [4.69, 9.17) is 0 Å². The van der Waals surface area contributed by atoms with E-state index in [-0.39, 0.29) is 13.1 Å². The Morgan fingerprint density at radius 1 is 1.35 bits per heavy atom. The molecule has 2 aromatic heterocycles. The summed E-state index contributed by atoms with van der Waals surface area (Å²) in [6.07, 6.45) is -3.08. The van der Waals surface area contributed by atoms with Crippen LogP contribution in [0.2, 0.25) is 0 Å². The Kier molecular flexibility index (Phi) is 2.65. The Balaban J connectivity index is 1.94. The molecule has 0 radical (unpaired) electrons. The lowest BCUT2D eigenvalue weighted by atomic mass is 9.93. The molecule has 20 heavy (non-hydrogen) atoms. The van der Waals surface area contributed by atoms with E-state index >= 15 is 0 Å². The highest BCUT2D eigenvalue weighted by atomic mass is 19.4. The number of fused-ring (bicyclic) bond motifs is 1. The number of anilines is 1. The number of methoxy groups -OCH3 is 1. The number of hydrogen-bond donors (Lipinski definition) is 0. The lowest BCUT2D eigenvalue weighted by Gasteiger charge is -2.50. The van der Waals surface area contributed by atoms with Gasteiger partial charge in [-0.05, 0) is 6.92 Å². The van der Waals surface area contributed by atoms with Gasteiger partial charge in [-0.3, -0.25) is 0 Å². The van der Waals surface area contributed by atoms with Gasteiger partial charge in [0.1, 0.15) is 12.1 Å². The van der Waals surface area contributed by atoms with Gasteiger partial charge in [-0.15, -0.1) is 0 Å². The zero-order chi connectivity index (χ0) is 14.5. The normalized spacial score (nSPS) is 18.4. The van der Waals surface area contributed by atoms with E-state index in [2.05, 4.69) is 19.8 Å². The zero-order valence-corrected chi connectivity index (χ0v) is 10.8. The molecular formula is C11H12F3N5O. The molecule has 0 N–H and O–H groups in total. The summed E-state index contributed by atoms with van der Waals surface area (Å²) in [7, 11) is 1.08. The third-order valence-corrected chi connectivity index (χ3v) is 3.48. The van der Waals surface area contributed by atoms with Crippen LogP contribution in [0.4, 0.5) is 19.0 Å². The number of halogens is 3. The summed E-state index contributed by atoms with van der Waals surface area (Å²) in [5, 5.41) is 3.98. The molecule has 0 spiro atoms. The summed E-state index contributed by atoms with van der Waals surface area (Å²) in [6, 6.07) is 1.68. The van der Waals surface area contributed by atoms with Crippen LogP contribution in [0.5, 0.6) is 0 Å². The Morgan fingerprint density at radius 2 is 2.05 bits per heavy atom. The molecule has 0 aromatic carbocycles. The van der Waals surface area contributed by atoms with E-state index in [1.165, 1.54) is 10.8 Å². The highest BCUT2D eigenvalue weighted by molar-refractivity contribution is 5.51. The van der Waals surface area contributed by atoms with Crippen molar-refractivity contribution in [3.63, 3.8) is 0 Å². The van der Waals surface area contributed by atoms with Crippen molar-refractivity contribution in [2.24, 2.45) is 0 Å². The van der Waals surface area contributed by atoms with E-state index in [0.717, 1.165) is 7.11 Å². The smallest absolute Gasteiger partial charge is 0.365 e. The number of rotatable bonds is 2. The predicted molar refractivity (Wildman–Crippen MR) is 63.5 cm³/mol. The summed E-state index contributed by atoms with van der Waals surface area (Å²) in [6.45, 7) is 1.21. The highest BCUT2D eigenvalue weighted by Gasteiger charge is 2.63. The zero-order valence-electron chi connectivity index (χ0n) is 10.8. The van der Waals surface area contributed by atoms with E-state index in [9.17, 15) is 13.2 Å². The van der Waals surface area contributed by atoms with Gasteiger partial charge < -0.3 is 9.64 Å². The van der Waals surface area contributed by atoms with Gasteiger partial charge >= 0.3 is 6.18 Å². The third kappa shape index (κ3) is 1.73. The summed E-state index contributed by atoms with van der Waals surface area (Å²) < 4.78 is 45.0. The monoisotopic (exact) mass is 287 g/mol. The second-order valence-electron chi connectivity index (χ2n) is 4.78. The van der Waals surface area contributed by atoms with Crippen LogP contribution < -0.4 is 4.90 Å². The van der Waals surface area contributed by atoms with Crippen LogP contribution in [0.3, 0.4) is 0 Å². The molecule has 0 aliphatic carbocycles. The van der Waals surface area contributed by atoms with Gasteiger partial charge in [0.05, 0.1) is 13.1 Å². The van der Waals surface area contributed by atoms with Crippen molar-refractivity contribution < 1.29 is 17.9 Å². The Labute approximate surface area is 112 Å². The molecule has 0 amide bonds. The minimum Gasteiger partial charge on any atom is -0.365 e. The number of ether oxygens (including phenoxy) is 1. The van der Waals surface area contributed by atoms with Crippen LogP contribution in [0.25, 0.3) is 5.78 Å². The van der Waals surface area contributed by atoms with Crippen LogP contribution in [-0.2, 0) is 4.74 Å². The van der Waals surface area contributed by atoms with Gasteiger partial charge in [0.25, 0.3) is 5.78 Å². The first-order valence-electron chi connectivity index (χ1n) is 5.90. The first-order chi connectivity index (χ1) is 9.36. The molecule has 1 aliphatic heterocycles. The molecule has 1 aliphatic rings. The second kappa shape index (κ2) is 4.05. The number of nitrogens with zero attached hydrogens (tertiary/aromatic N) is 5. The van der Waals surface area contributed by atoms with Crippen molar-refractivity contribution >= 4 is 11.6 Å². The topological polar surface area (TPSA) is 55.5 Å². The van der Waals surface area contributed by atoms with Crippen molar-refractivity contribution in [3.05, 3.63) is 18.1 Å². The fourth-order valence-electron chi connectivity index (χ4n) is 2.29. The van der Waals surface area contributed by atoms with Crippen molar-refractivity contribution in [2.45, 2.75) is 18.7 Å². The highest BCUT2D eigenvalue weighted by Crippen LogP contribution is 2.42. The van der Waals surface area contributed by atoms with E-state index in [1.54, 1.807) is 17.9 Å². The van der Waals surface area contributed by atoms with E-state index in [1.807, 2.05) is 0 Å². The third-order valence-electron chi connectivity index (χ3n) is 3.48. The first kappa shape index (κ1) is 13.1. The quantitative estimate of drug-likeness (QED) is 0.830. The molecule has 1 fully saturated rings. The molecular weight excluding hydrogens is 275 g/mol. The SMILES string of the molecule is COC1(C(F)(F)F)CN(c2cc(C)nc3ncnn23)C1. The van der Waals surface area contributed by atoms with Crippen LogP contribution >= 0.6 is 0 Å². The summed E-state index contributed by atoms with van der Waals surface area (Å²) >= 11 is 0. The number of alkyl halides is 3. The molecule has 2 aromatic rings. The molecule has 0 unspecified atom stereocenters. The van der Waals surface area contributed by atoms with Crippen LogP contribution in [-0.4, -0.2) is 51.6 Å². The van der Waals surface area contributed by atoms with Crippen LogP contribution in [0.15, 0.2) is 12.4 Å². The van der Waals surface area contributed by atoms with Crippen molar-refractivity contribution in [3.8, 4) is 0 Å². The average Bonchev–Trinajstić information content (AvgIpc) is 2.73.